The Hall–Kier alpha value is -2.06. The fourth-order valence-electron chi connectivity index (χ4n) is 2.97. The van der Waals surface area contributed by atoms with Crippen LogP contribution in [0.3, 0.4) is 0 Å². The van der Waals surface area contributed by atoms with Crippen LogP contribution in [0.25, 0.3) is 0 Å². The van der Waals surface area contributed by atoms with Gasteiger partial charge in [-0.1, -0.05) is 13.8 Å². The standard InChI is InChI=1S/C18H31N5O3/c1-14(2)15(23-8-11-25-12-9-23)13-22-18(19-3)21-7-6-20-17(24)16-5-4-10-26-16/h4-5,10,14-15H,6-9,11-13H2,1-3H3,(H,20,24)(H2,19,21,22). The highest BCUT2D eigenvalue weighted by Gasteiger charge is 2.23. The molecule has 2 rings (SSSR count). The zero-order valence-electron chi connectivity index (χ0n) is 16.0. The molecule has 0 aliphatic carbocycles. The van der Waals surface area contributed by atoms with Gasteiger partial charge in [0.1, 0.15) is 0 Å². The summed E-state index contributed by atoms with van der Waals surface area (Å²) >= 11 is 0. The van der Waals surface area contributed by atoms with Crippen molar-refractivity contribution in [3.05, 3.63) is 24.2 Å². The number of hydrogen-bond acceptors (Lipinski definition) is 5. The zero-order chi connectivity index (χ0) is 18.8. The molecular weight excluding hydrogens is 334 g/mol. The first-order valence-corrected chi connectivity index (χ1v) is 9.20. The molecule has 0 radical (unpaired) electrons. The number of hydrogen-bond donors (Lipinski definition) is 3. The summed E-state index contributed by atoms with van der Waals surface area (Å²) in [4.78, 5) is 18.5. The van der Waals surface area contributed by atoms with Crippen LogP contribution in [0, 0.1) is 5.92 Å². The zero-order valence-corrected chi connectivity index (χ0v) is 16.0. The number of rotatable bonds is 8. The lowest BCUT2D eigenvalue weighted by Crippen LogP contribution is -2.53. The van der Waals surface area contributed by atoms with Crippen LogP contribution in [0.2, 0.25) is 0 Å². The number of nitrogens with one attached hydrogen (secondary N) is 3. The number of guanidine groups is 1. The van der Waals surface area contributed by atoms with Crippen LogP contribution in [0.5, 0.6) is 0 Å². The third-order valence-corrected chi connectivity index (χ3v) is 4.43. The van der Waals surface area contributed by atoms with Crippen LogP contribution in [0.1, 0.15) is 24.4 Å². The Balaban J connectivity index is 1.69. The number of furan rings is 1. The van der Waals surface area contributed by atoms with Gasteiger partial charge in [-0.25, -0.2) is 0 Å². The molecule has 0 bridgehead atoms. The predicted molar refractivity (Wildman–Crippen MR) is 101 cm³/mol. The highest BCUT2D eigenvalue weighted by Crippen LogP contribution is 2.12. The van der Waals surface area contributed by atoms with Gasteiger partial charge < -0.3 is 25.1 Å². The summed E-state index contributed by atoms with van der Waals surface area (Å²) in [5, 5.41) is 9.41. The van der Waals surface area contributed by atoms with Gasteiger partial charge in [0.05, 0.1) is 19.5 Å². The number of aliphatic imine (C=N–C) groups is 1. The second-order valence-electron chi connectivity index (χ2n) is 6.57. The Bertz CT molecular complexity index is 553. The Labute approximate surface area is 155 Å². The van der Waals surface area contributed by atoms with E-state index in [1.807, 2.05) is 0 Å². The summed E-state index contributed by atoms with van der Waals surface area (Å²) in [6.45, 7) is 9.88. The van der Waals surface area contributed by atoms with Gasteiger partial charge in [0.2, 0.25) is 0 Å². The number of carbonyl (C=O) groups excluding carboxylic acids is 1. The Morgan fingerprint density at radius 3 is 2.58 bits per heavy atom. The van der Waals surface area contributed by atoms with Crippen LogP contribution >= 0.6 is 0 Å². The molecule has 3 N–H and O–H groups in total. The topological polar surface area (TPSA) is 91.1 Å². The van der Waals surface area contributed by atoms with Crippen molar-refractivity contribution in [2.24, 2.45) is 10.9 Å². The number of ether oxygens (including phenoxy) is 1. The van der Waals surface area contributed by atoms with E-state index in [1.165, 1.54) is 6.26 Å². The molecule has 1 aliphatic rings. The summed E-state index contributed by atoms with van der Waals surface area (Å²) < 4.78 is 10.5. The van der Waals surface area contributed by atoms with Crippen molar-refractivity contribution in [2.45, 2.75) is 19.9 Å². The third kappa shape index (κ3) is 6.34. The maximum atomic E-state index is 11.8. The van der Waals surface area contributed by atoms with Gasteiger partial charge in [-0.3, -0.25) is 14.7 Å². The monoisotopic (exact) mass is 365 g/mol. The first-order chi connectivity index (χ1) is 12.6. The molecule has 8 heteroatoms. The molecule has 1 aromatic rings. The smallest absolute Gasteiger partial charge is 0.287 e. The van der Waals surface area contributed by atoms with E-state index in [4.69, 9.17) is 9.15 Å². The van der Waals surface area contributed by atoms with E-state index in [2.05, 4.69) is 39.7 Å². The molecule has 1 atom stereocenters. The molecule has 1 amide bonds. The van der Waals surface area contributed by atoms with Crippen LogP contribution in [-0.2, 0) is 4.74 Å². The summed E-state index contributed by atoms with van der Waals surface area (Å²) in [5.74, 6) is 1.37. The van der Waals surface area contributed by atoms with Gasteiger partial charge in [0.15, 0.2) is 11.7 Å². The van der Waals surface area contributed by atoms with Crippen molar-refractivity contribution in [1.82, 2.24) is 20.9 Å². The molecule has 0 saturated carbocycles. The third-order valence-electron chi connectivity index (χ3n) is 4.43. The van der Waals surface area contributed by atoms with Crippen LogP contribution in [-0.4, -0.2) is 75.8 Å². The summed E-state index contributed by atoms with van der Waals surface area (Å²) in [5.41, 5.74) is 0. The summed E-state index contributed by atoms with van der Waals surface area (Å²) in [6.07, 6.45) is 1.48. The van der Waals surface area contributed by atoms with Gasteiger partial charge in [0, 0.05) is 45.8 Å². The average molecular weight is 365 g/mol. The summed E-state index contributed by atoms with van der Waals surface area (Å²) in [6, 6.07) is 3.76. The summed E-state index contributed by atoms with van der Waals surface area (Å²) in [7, 11) is 1.75. The van der Waals surface area contributed by atoms with Crippen molar-refractivity contribution in [2.75, 3.05) is 53.0 Å². The van der Waals surface area contributed by atoms with Gasteiger partial charge in [-0.05, 0) is 18.1 Å². The molecule has 1 fully saturated rings. The maximum Gasteiger partial charge on any atom is 0.287 e. The normalized spacial score (nSPS) is 17.2. The molecule has 1 aliphatic heterocycles. The van der Waals surface area contributed by atoms with Gasteiger partial charge in [-0.2, -0.15) is 0 Å². The molecule has 0 aromatic carbocycles. The molecular formula is C18H31N5O3. The Morgan fingerprint density at radius 1 is 1.23 bits per heavy atom. The second kappa shape index (κ2) is 10.8. The molecule has 26 heavy (non-hydrogen) atoms. The van der Waals surface area contributed by atoms with E-state index in [9.17, 15) is 4.79 Å². The van der Waals surface area contributed by atoms with Gasteiger partial charge >= 0.3 is 0 Å². The second-order valence-corrected chi connectivity index (χ2v) is 6.57. The molecule has 1 aromatic heterocycles. The largest absolute Gasteiger partial charge is 0.459 e. The van der Waals surface area contributed by atoms with Crippen molar-refractivity contribution in [3.63, 3.8) is 0 Å². The minimum Gasteiger partial charge on any atom is -0.459 e. The Morgan fingerprint density at radius 2 is 1.96 bits per heavy atom. The number of carbonyl (C=O) groups is 1. The molecule has 146 valence electrons. The molecule has 8 nitrogen and oxygen atoms in total. The first-order valence-electron chi connectivity index (χ1n) is 9.20. The van der Waals surface area contributed by atoms with Crippen LogP contribution in [0.4, 0.5) is 0 Å². The van der Waals surface area contributed by atoms with Gasteiger partial charge in [0.25, 0.3) is 5.91 Å². The number of amides is 1. The lowest BCUT2D eigenvalue weighted by molar-refractivity contribution is 0.00752. The first kappa shape index (κ1) is 20.3. The molecule has 2 heterocycles. The predicted octanol–water partition coefficient (Wildman–Crippen LogP) is 0.531. The minimum atomic E-state index is -0.216. The van der Waals surface area contributed by atoms with E-state index in [0.29, 0.717) is 30.8 Å². The average Bonchev–Trinajstić information content (AvgIpc) is 3.19. The van der Waals surface area contributed by atoms with Crippen LogP contribution < -0.4 is 16.0 Å². The van der Waals surface area contributed by atoms with E-state index in [1.54, 1.807) is 19.2 Å². The molecule has 1 unspecified atom stereocenters. The quantitative estimate of drug-likeness (QED) is 0.354. The fraction of sp³-hybridized carbons (Fsp3) is 0.667. The van der Waals surface area contributed by atoms with Crippen molar-refractivity contribution in [1.29, 1.82) is 0 Å². The fourth-order valence-corrected chi connectivity index (χ4v) is 2.97. The van der Waals surface area contributed by atoms with Crippen molar-refractivity contribution < 1.29 is 13.9 Å². The van der Waals surface area contributed by atoms with Gasteiger partial charge in [-0.15, -0.1) is 0 Å². The minimum absolute atomic E-state index is 0.216. The number of morpholine rings is 1. The van der Waals surface area contributed by atoms with Crippen molar-refractivity contribution in [3.8, 4) is 0 Å². The Kier molecular flexibility index (Phi) is 8.43. The lowest BCUT2D eigenvalue weighted by atomic mass is 10.0. The van der Waals surface area contributed by atoms with E-state index in [-0.39, 0.29) is 5.91 Å². The van der Waals surface area contributed by atoms with Crippen molar-refractivity contribution >= 4 is 11.9 Å². The van der Waals surface area contributed by atoms with Crippen LogP contribution in [0.15, 0.2) is 27.8 Å². The number of nitrogens with zero attached hydrogens (tertiary/aromatic N) is 2. The SMILES string of the molecule is CN=C(NCCNC(=O)c1ccco1)NCC(C(C)C)N1CCOCC1. The van der Waals surface area contributed by atoms with E-state index in [0.717, 1.165) is 38.8 Å². The highest BCUT2D eigenvalue weighted by molar-refractivity contribution is 5.91. The molecule has 1 saturated heterocycles. The lowest BCUT2D eigenvalue weighted by Gasteiger charge is -2.37. The molecule has 0 spiro atoms. The van der Waals surface area contributed by atoms with E-state index >= 15 is 0 Å². The van der Waals surface area contributed by atoms with E-state index < -0.39 is 0 Å². The maximum absolute atomic E-state index is 11.8. The highest BCUT2D eigenvalue weighted by atomic mass is 16.5.